The highest BCUT2D eigenvalue weighted by Gasteiger charge is 2.40. The highest BCUT2D eigenvalue weighted by molar-refractivity contribution is 5.90. The number of aliphatic carboxylic acids is 1. The molecule has 1 saturated carbocycles. The summed E-state index contributed by atoms with van der Waals surface area (Å²) in [6.07, 6.45) is 6.93. The maximum atomic E-state index is 12.1. The summed E-state index contributed by atoms with van der Waals surface area (Å²) in [6.45, 7) is 2.09. The van der Waals surface area contributed by atoms with Gasteiger partial charge in [0.15, 0.2) is 0 Å². The lowest BCUT2D eigenvalue weighted by Gasteiger charge is -2.17. The van der Waals surface area contributed by atoms with Gasteiger partial charge in [0, 0.05) is 37.5 Å². The van der Waals surface area contributed by atoms with E-state index in [9.17, 15) is 24.6 Å². The van der Waals surface area contributed by atoms with Gasteiger partial charge in [-0.3, -0.25) is 14.4 Å². The molecule has 4 atom stereocenters. The van der Waals surface area contributed by atoms with Crippen molar-refractivity contribution in [3.8, 4) is 0 Å². The number of hydrogen-bond donors (Lipinski definition) is 3. The van der Waals surface area contributed by atoms with Crippen LogP contribution in [-0.2, 0) is 14.4 Å². The van der Waals surface area contributed by atoms with E-state index in [1.54, 1.807) is 12.2 Å². The molecule has 0 spiro atoms. The number of hydrogen-bond acceptors (Lipinski definition) is 5. The summed E-state index contributed by atoms with van der Waals surface area (Å²) in [5, 5.41) is 28.7. The van der Waals surface area contributed by atoms with E-state index in [2.05, 4.69) is 6.92 Å². The molecular formula is C20H32O6. The zero-order valence-corrected chi connectivity index (χ0v) is 15.6. The number of carbonyl (C=O) groups excluding carboxylic acids is 2. The maximum absolute atomic E-state index is 12.1. The number of aliphatic hydroxyl groups is 2. The number of aliphatic hydroxyl groups excluding tert-OH is 2. The summed E-state index contributed by atoms with van der Waals surface area (Å²) >= 11 is 0. The van der Waals surface area contributed by atoms with E-state index >= 15 is 0 Å². The Hall–Kier alpha value is -1.53. The Bertz CT molecular complexity index is 499. The van der Waals surface area contributed by atoms with Gasteiger partial charge >= 0.3 is 5.97 Å². The average molecular weight is 368 g/mol. The summed E-state index contributed by atoms with van der Waals surface area (Å²) in [5.74, 6) is -2.06. The second-order valence-corrected chi connectivity index (χ2v) is 7.21. The van der Waals surface area contributed by atoms with Gasteiger partial charge in [-0.1, -0.05) is 38.3 Å². The van der Waals surface area contributed by atoms with Gasteiger partial charge in [-0.25, -0.2) is 0 Å². The van der Waals surface area contributed by atoms with Gasteiger partial charge in [0.1, 0.15) is 11.6 Å². The van der Waals surface area contributed by atoms with Crippen LogP contribution in [0.2, 0.25) is 0 Å². The van der Waals surface area contributed by atoms with Crippen LogP contribution in [0.15, 0.2) is 12.2 Å². The second-order valence-electron chi connectivity index (χ2n) is 7.21. The van der Waals surface area contributed by atoms with Crippen molar-refractivity contribution in [2.45, 2.75) is 83.3 Å². The van der Waals surface area contributed by atoms with Gasteiger partial charge in [-0.2, -0.15) is 0 Å². The Morgan fingerprint density at radius 3 is 2.54 bits per heavy atom. The van der Waals surface area contributed by atoms with Gasteiger partial charge in [-0.05, 0) is 19.3 Å². The van der Waals surface area contributed by atoms with Crippen LogP contribution in [0.4, 0.5) is 0 Å². The number of Topliss-reactive ketones (excluding diaryl/α,β-unsaturated/α-hetero) is 2. The van der Waals surface area contributed by atoms with Crippen LogP contribution < -0.4 is 0 Å². The second kappa shape index (κ2) is 12.0. The van der Waals surface area contributed by atoms with Crippen molar-refractivity contribution in [2.75, 3.05) is 0 Å². The summed E-state index contributed by atoms with van der Waals surface area (Å²) in [4.78, 5) is 34.7. The highest BCUT2D eigenvalue weighted by atomic mass is 16.4. The Kier molecular flexibility index (Phi) is 10.4. The summed E-state index contributed by atoms with van der Waals surface area (Å²) < 4.78 is 0. The standard InChI is InChI=1S/C20H32O6/c1-2-3-4-7-14(21)10-11-16-17(19(24)13-18(16)23)12-15(22)8-5-6-9-20(25)26/h10-11,14,16-18,21,23H,2-9,12-13H2,1H3,(H,25,26)/b11-10+/t14?,16-,17?,18?/m1/s1. The van der Waals surface area contributed by atoms with Crippen molar-refractivity contribution in [2.24, 2.45) is 11.8 Å². The first-order chi connectivity index (χ1) is 12.3. The third kappa shape index (κ3) is 8.23. The van der Waals surface area contributed by atoms with Crippen LogP contribution in [0.3, 0.4) is 0 Å². The molecule has 6 heteroatoms. The van der Waals surface area contributed by atoms with Crippen molar-refractivity contribution >= 4 is 17.5 Å². The fraction of sp³-hybridized carbons (Fsp3) is 0.750. The molecule has 148 valence electrons. The predicted molar refractivity (Wildman–Crippen MR) is 97.6 cm³/mol. The van der Waals surface area contributed by atoms with E-state index in [1.807, 2.05) is 0 Å². The van der Waals surface area contributed by atoms with Crippen LogP contribution in [0.5, 0.6) is 0 Å². The van der Waals surface area contributed by atoms with Gasteiger partial charge in [-0.15, -0.1) is 0 Å². The van der Waals surface area contributed by atoms with E-state index in [0.29, 0.717) is 19.3 Å². The fourth-order valence-corrected chi connectivity index (χ4v) is 3.39. The first-order valence-corrected chi connectivity index (χ1v) is 9.65. The first kappa shape index (κ1) is 22.5. The minimum absolute atomic E-state index is 0.0373. The number of rotatable bonds is 13. The topological polar surface area (TPSA) is 112 Å². The Labute approximate surface area is 155 Å². The largest absolute Gasteiger partial charge is 0.481 e. The SMILES string of the molecule is CCCCCC(O)/C=C/[C@H]1C(O)CC(=O)C1CC(=O)CCCCC(=O)O. The number of carboxylic acid groups (broad SMARTS) is 1. The van der Waals surface area contributed by atoms with Crippen LogP contribution >= 0.6 is 0 Å². The number of ketones is 2. The van der Waals surface area contributed by atoms with E-state index in [4.69, 9.17) is 5.11 Å². The zero-order chi connectivity index (χ0) is 19.5. The Morgan fingerprint density at radius 2 is 1.88 bits per heavy atom. The molecule has 1 fully saturated rings. The molecule has 0 heterocycles. The molecule has 0 saturated heterocycles. The van der Waals surface area contributed by atoms with E-state index in [1.165, 1.54) is 0 Å². The van der Waals surface area contributed by atoms with Crippen LogP contribution in [0.25, 0.3) is 0 Å². The lowest BCUT2D eigenvalue weighted by molar-refractivity contribution is -0.137. The first-order valence-electron chi connectivity index (χ1n) is 9.65. The lowest BCUT2D eigenvalue weighted by atomic mass is 9.88. The van der Waals surface area contributed by atoms with Gasteiger partial charge in [0.25, 0.3) is 0 Å². The molecule has 3 unspecified atom stereocenters. The molecule has 0 amide bonds. The molecule has 0 aromatic heterocycles. The summed E-state index contributed by atoms with van der Waals surface area (Å²) in [7, 11) is 0. The molecule has 1 rings (SSSR count). The van der Waals surface area contributed by atoms with Crippen molar-refractivity contribution in [1.82, 2.24) is 0 Å². The van der Waals surface area contributed by atoms with Crippen molar-refractivity contribution in [3.63, 3.8) is 0 Å². The molecule has 1 aliphatic rings. The normalized spacial score (nSPS) is 24.3. The molecular weight excluding hydrogens is 336 g/mol. The predicted octanol–water partition coefficient (Wildman–Crippen LogP) is 2.65. The summed E-state index contributed by atoms with van der Waals surface area (Å²) in [5.41, 5.74) is 0. The van der Waals surface area contributed by atoms with Crippen LogP contribution in [0.1, 0.15) is 71.1 Å². The Morgan fingerprint density at radius 1 is 1.19 bits per heavy atom. The van der Waals surface area contributed by atoms with Gasteiger partial charge in [0.05, 0.1) is 12.2 Å². The molecule has 26 heavy (non-hydrogen) atoms. The zero-order valence-electron chi connectivity index (χ0n) is 15.6. The van der Waals surface area contributed by atoms with Crippen molar-refractivity contribution in [3.05, 3.63) is 12.2 Å². The maximum Gasteiger partial charge on any atom is 0.303 e. The van der Waals surface area contributed by atoms with E-state index < -0.39 is 30.0 Å². The Balaban J connectivity index is 2.51. The van der Waals surface area contributed by atoms with E-state index in [-0.39, 0.29) is 37.2 Å². The quantitative estimate of drug-likeness (QED) is 0.340. The molecule has 1 aliphatic carbocycles. The molecule has 0 aliphatic heterocycles. The third-order valence-corrected chi connectivity index (χ3v) is 4.94. The van der Waals surface area contributed by atoms with E-state index in [0.717, 1.165) is 19.3 Å². The average Bonchev–Trinajstić information content (AvgIpc) is 2.83. The van der Waals surface area contributed by atoms with Crippen molar-refractivity contribution in [1.29, 1.82) is 0 Å². The molecule has 0 radical (unpaired) electrons. The monoisotopic (exact) mass is 368 g/mol. The van der Waals surface area contributed by atoms with Gasteiger partial charge in [0.2, 0.25) is 0 Å². The minimum Gasteiger partial charge on any atom is -0.481 e. The fourth-order valence-electron chi connectivity index (χ4n) is 3.39. The number of carboxylic acids is 1. The highest BCUT2D eigenvalue weighted by Crippen LogP contribution is 2.33. The lowest BCUT2D eigenvalue weighted by Crippen LogP contribution is -2.22. The summed E-state index contributed by atoms with van der Waals surface area (Å²) in [6, 6.07) is 0. The smallest absolute Gasteiger partial charge is 0.303 e. The minimum atomic E-state index is -0.880. The van der Waals surface area contributed by atoms with Crippen LogP contribution in [-0.4, -0.2) is 45.1 Å². The third-order valence-electron chi connectivity index (χ3n) is 4.94. The number of unbranched alkanes of at least 4 members (excludes halogenated alkanes) is 3. The molecule has 3 N–H and O–H groups in total. The van der Waals surface area contributed by atoms with Gasteiger partial charge < -0.3 is 15.3 Å². The molecule has 0 bridgehead atoms. The van der Waals surface area contributed by atoms with Crippen molar-refractivity contribution < 1.29 is 29.7 Å². The molecule has 6 nitrogen and oxygen atoms in total. The molecule has 0 aromatic carbocycles. The van der Waals surface area contributed by atoms with Crippen LogP contribution in [0, 0.1) is 11.8 Å². The molecule has 0 aromatic rings. The number of carbonyl (C=O) groups is 3.